The van der Waals surface area contributed by atoms with Crippen molar-refractivity contribution in [1.82, 2.24) is 15.0 Å². The van der Waals surface area contributed by atoms with Gasteiger partial charge in [0.1, 0.15) is 6.54 Å². The molecule has 0 fully saturated rings. The summed E-state index contributed by atoms with van der Waals surface area (Å²) in [5.74, 6) is 0.448. The van der Waals surface area contributed by atoms with Crippen LogP contribution in [0, 0.1) is 6.92 Å². The number of hydrogen-bond acceptors (Lipinski definition) is 5. The molecule has 1 aliphatic heterocycles. The summed E-state index contributed by atoms with van der Waals surface area (Å²) in [5, 5.41) is 5.90. The van der Waals surface area contributed by atoms with Crippen molar-refractivity contribution in [2.75, 3.05) is 18.5 Å². The zero-order valence-electron chi connectivity index (χ0n) is 17.2. The highest BCUT2D eigenvalue weighted by atomic mass is 16.5. The third-order valence-corrected chi connectivity index (χ3v) is 5.48. The summed E-state index contributed by atoms with van der Waals surface area (Å²) < 4.78 is 5.33. The number of benzene rings is 3. The number of aromatic nitrogens is 2. The molecule has 5 rings (SSSR count). The number of carbonyl (C=O) groups excluding carboxylic acids is 2. The van der Waals surface area contributed by atoms with Gasteiger partial charge in [-0.2, -0.15) is 4.98 Å². The van der Waals surface area contributed by atoms with E-state index in [4.69, 9.17) is 4.52 Å². The number of nitrogens with zero attached hydrogens (tertiary/aromatic N) is 4. The Kier molecular flexibility index (Phi) is 4.51. The smallest absolute Gasteiger partial charge is 0.259 e. The molecule has 0 atom stereocenters. The first-order valence-electron chi connectivity index (χ1n) is 9.98. The fourth-order valence-corrected chi connectivity index (χ4v) is 3.90. The van der Waals surface area contributed by atoms with E-state index in [9.17, 15) is 9.59 Å². The Morgan fingerprint density at radius 2 is 1.87 bits per heavy atom. The minimum Gasteiger partial charge on any atom is -0.337 e. The zero-order valence-corrected chi connectivity index (χ0v) is 17.2. The van der Waals surface area contributed by atoms with Crippen LogP contribution in [0.2, 0.25) is 0 Å². The normalized spacial score (nSPS) is 12.6. The average Bonchev–Trinajstić information content (AvgIpc) is 3.34. The SMILES string of the molecule is Cc1cccc(-c2noc(CN(C)C(=O)CN3C(=O)c4cccc5cccc3c45)n2)c1. The number of rotatable bonds is 5. The first-order valence-corrected chi connectivity index (χ1v) is 9.98. The molecule has 1 aliphatic rings. The van der Waals surface area contributed by atoms with Crippen LogP contribution < -0.4 is 4.90 Å². The second kappa shape index (κ2) is 7.36. The van der Waals surface area contributed by atoms with Gasteiger partial charge in [0.15, 0.2) is 0 Å². The number of likely N-dealkylation sites (N-methyl/N-ethyl adjacent to an activating group) is 1. The lowest BCUT2D eigenvalue weighted by molar-refractivity contribution is -0.129. The van der Waals surface area contributed by atoms with Crippen molar-refractivity contribution in [1.29, 1.82) is 0 Å². The van der Waals surface area contributed by atoms with Crippen molar-refractivity contribution >= 4 is 28.3 Å². The van der Waals surface area contributed by atoms with E-state index in [1.165, 1.54) is 9.80 Å². The highest BCUT2D eigenvalue weighted by molar-refractivity contribution is 6.26. The van der Waals surface area contributed by atoms with Crippen molar-refractivity contribution in [3.05, 3.63) is 77.7 Å². The van der Waals surface area contributed by atoms with Crippen LogP contribution in [0.15, 0.2) is 65.2 Å². The quantitative estimate of drug-likeness (QED) is 0.498. The van der Waals surface area contributed by atoms with Crippen molar-refractivity contribution in [3.63, 3.8) is 0 Å². The number of anilines is 1. The van der Waals surface area contributed by atoms with Gasteiger partial charge in [0, 0.05) is 23.6 Å². The molecule has 1 aromatic heterocycles. The van der Waals surface area contributed by atoms with Crippen LogP contribution in [0.5, 0.6) is 0 Å². The van der Waals surface area contributed by atoms with Crippen molar-refractivity contribution in [2.45, 2.75) is 13.5 Å². The maximum atomic E-state index is 12.9. The van der Waals surface area contributed by atoms with Crippen LogP contribution in [-0.4, -0.2) is 40.4 Å². The monoisotopic (exact) mass is 412 g/mol. The Balaban J connectivity index is 1.31. The highest BCUT2D eigenvalue weighted by Crippen LogP contribution is 2.37. The van der Waals surface area contributed by atoms with Crippen LogP contribution in [-0.2, 0) is 11.3 Å². The Morgan fingerprint density at radius 3 is 2.68 bits per heavy atom. The number of aryl methyl sites for hydroxylation is 1. The molecule has 0 radical (unpaired) electrons. The molecule has 7 nitrogen and oxygen atoms in total. The number of carbonyl (C=O) groups is 2. The second-order valence-electron chi connectivity index (χ2n) is 7.70. The Morgan fingerprint density at radius 1 is 1.10 bits per heavy atom. The molecule has 4 aromatic rings. The Labute approximate surface area is 178 Å². The molecule has 0 unspecified atom stereocenters. The summed E-state index contributed by atoms with van der Waals surface area (Å²) in [6.45, 7) is 2.11. The summed E-state index contributed by atoms with van der Waals surface area (Å²) in [6.07, 6.45) is 0. The molecule has 0 spiro atoms. The van der Waals surface area contributed by atoms with Gasteiger partial charge in [0.2, 0.25) is 17.6 Å². The second-order valence-corrected chi connectivity index (χ2v) is 7.70. The van der Waals surface area contributed by atoms with E-state index < -0.39 is 0 Å². The fraction of sp³-hybridized carbons (Fsp3) is 0.167. The first-order chi connectivity index (χ1) is 15.0. The molecule has 0 saturated carbocycles. The van der Waals surface area contributed by atoms with Gasteiger partial charge < -0.3 is 9.42 Å². The third-order valence-electron chi connectivity index (χ3n) is 5.48. The number of amides is 2. The van der Waals surface area contributed by atoms with E-state index in [-0.39, 0.29) is 24.9 Å². The minimum absolute atomic E-state index is 0.0536. The van der Waals surface area contributed by atoms with Crippen LogP contribution in [0.3, 0.4) is 0 Å². The number of hydrogen-bond donors (Lipinski definition) is 0. The molecule has 0 N–H and O–H groups in total. The van der Waals surface area contributed by atoms with E-state index in [1.54, 1.807) is 13.1 Å². The maximum Gasteiger partial charge on any atom is 0.259 e. The predicted octanol–water partition coefficient (Wildman–Crippen LogP) is 3.82. The molecule has 2 amide bonds. The standard InChI is InChI=1S/C24H20N4O3/c1-15-6-3-9-17(12-15)23-25-20(31-26-23)13-27(2)21(29)14-28-19-11-5-8-16-7-4-10-18(22(16)19)24(28)30/h3-12H,13-14H2,1-2H3. The lowest BCUT2D eigenvalue weighted by Crippen LogP contribution is -2.39. The molecule has 2 heterocycles. The van der Waals surface area contributed by atoms with Gasteiger partial charge >= 0.3 is 0 Å². The largest absolute Gasteiger partial charge is 0.337 e. The molecule has 0 bridgehead atoms. The van der Waals surface area contributed by atoms with Gasteiger partial charge in [-0.05, 0) is 30.5 Å². The summed E-state index contributed by atoms with van der Waals surface area (Å²) >= 11 is 0. The van der Waals surface area contributed by atoms with E-state index in [2.05, 4.69) is 10.1 Å². The third kappa shape index (κ3) is 3.34. The maximum absolute atomic E-state index is 12.9. The molecule has 31 heavy (non-hydrogen) atoms. The lowest BCUT2D eigenvalue weighted by atomic mass is 10.1. The van der Waals surface area contributed by atoms with Gasteiger partial charge in [0.05, 0.1) is 12.2 Å². The molecular weight excluding hydrogens is 392 g/mol. The van der Waals surface area contributed by atoms with Crippen molar-refractivity contribution in [2.24, 2.45) is 0 Å². The Bertz CT molecular complexity index is 1320. The van der Waals surface area contributed by atoms with Gasteiger partial charge in [-0.15, -0.1) is 0 Å². The summed E-state index contributed by atoms with van der Waals surface area (Å²) in [7, 11) is 1.66. The van der Waals surface area contributed by atoms with Gasteiger partial charge in [-0.25, -0.2) is 0 Å². The molecule has 0 aliphatic carbocycles. The van der Waals surface area contributed by atoms with E-state index >= 15 is 0 Å². The van der Waals surface area contributed by atoms with Crippen LogP contribution >= 0.6 is 0 Å². The van der Waals surface area contributed by atoms with Crippen molar-refractivity contribution < 1.29 is 14.1 Å². The summed E-state index contributed by atoms with van der Waals surface area (Å²) in [4.78, 5) is 33.2. The summed E-state index contributed by atoms with van der Waals surface area (Å²) in [6, 6.07) is 19.2. The lowest BCUT2D eigenvalue weighted by Gasteiger charge is -2.21. The molecule has 0 saturated heterocycles. The van der Waals surface area contributed by atoms with Gasteiger partial charge in [0.25, 0.3) is 5.91 Å². The molecule has 7 heteroatoms. The predicted molar refractivity (Wildman–Crippen MR) is 117 cm³/mol. The first kappa shape index (κ1) is 19.0. The topological polar surface area (TPSA) is 79.5 Å². The van der Waals surface area contributed by atoms with Gasteiger partial charge in [-0.1, -0.05) is 53.2 Å². The minimum atomic E-state index is -0.214. The van der Waals surface area contributed by atoms with Crippen LogP contribution in [0.25, 0.3) is 22.2 Å². The van der Waals surface area contributed by atoms with Gasteiger partial charge in [-0.3, -0.25) is 14.5 Å². The van der Waals surface area contributed by atoms with Crippen LogP contribution in [0.1, 0.15) is 21.8 Å². The average molecular weight is 412 g/mol. The van der Waals surface area contributed by atoms with E-state index in [1.807, 2.05) is 61.5 Å². The van der Waals surface area contributed by atoms with E-state index in [0.29, 0.717) is 17.3 Å². The van der Waals surface area contributed by atoms with Crippen LogP contribution in [0.4, 0.5) is 5.69 Å². The van der Waals surface area contributed by atoms with E-state index in [0.717, 1.165) is 27.6 Å². The Hall–Kier alpha value is -4.00. The molecule has 154 valence electrons. The molecular formula is C24H20N4O3. The highest BCUT2D eigenvalue weighted by Gasteiger charge is 2.31. The summed E-state index contributed by atoms with van der Waals surface area (Å²) in [5.41, 5.74) is 3.35. The van der Waals surface area contributed by atoms with Crippen molar-refractivity contribution in [3.8, 4) is 11.4 Å². The zero-order chi connectivity index (χ0) is 21.5. The molecule has 3 aromatic carbocycles. The fourth-order valence-electron chi connectivity index (χ4n) is 3.90.